The highest BCUT2D eigenvalue weighted by Gasteiger charge is 2.51. The molecule has 1 heterocycles. The van der Waals surface area contributed by atoms with Crippen LogP contribution in [-0.2, 0) is 10.9 Å². The molecule has 0 saturated carbocycles. The molecule has 0 fully saturated rings. The van der Waals surface area contributed by atoms with Crippen molar-refractivity contribution in [3.8, 4) is 0 Å². The van der Waals surface area contributed by atoms with Crippen molar-refractivity contribution in [2.45, 2.75) is 21.6 Å². The predicted octanol–water partition coefficient (Wildman–Crippen LogP) is 3.44. The van der Waals surface area contributed by atoms with Crippen LogP contribution in [-0.4, -0.2) is 18.8 Å². The molecule has 3 nitrogen and oxygen atoms in total. The van der Waals surface area contributed by atoms with Gasteiger partial charge in [-0.2, -0.15) is 4.39 Å². The van der Waals surface area contributed by atoms with Crippen molar-refractivity contribution in [1.82, 2.24) is 15.0 Å². The van der Waals surface area contributed by atoms with E-state index in [9.17, 15) is 4.39 Å². The maximum atomic E-state index is 13.3. The molecule has 0 aliphatic rings. The zero-order valence-corrected chi connectivity index (χ0v) is 11.1. The minimum atomic E-state index is -2.09. The van der Waals surface area contributed by atoms with Gasteiger partial charge in [0.05, 0.1) is 0 Å². The molecule has 15 heavy (non-hydrogen) atoms. The molecule has 0 radical (unpaired) electrons. The van der Waals surface area contributed by atoms with Gasteiger partial charge in [-0.05, 0) is 6.92 Å². The number of alkyl halides is 5. The lowest BCUT2D eigenvalue weighted by atomic mass is 10.3. The van der Waals surface area contributed by atoms with E-state index in [1.165, 1.54) is 0 Å². The Balaban J connectivity index is 3.31. The van der Waals surface area contributed by atoms with Crippen LogP contribution < -0.4 is 0 Å². The van der Waals surface area contributed by atoms with Gasteiger partial charge in [-0.1, -0.05) is 68.3 Å². The van der Waals surface area contributed by atoms with Crippen LogP contribution in [0.5, 0.6) is 0 Å². The van der Waals surface area contributed by atoms with Crippen molar-refractivity contribution in [3.05, 3.63) is 11.6 Å². The van der Waals surface area contributed by atoms with Gasteiger partial charge in [0.15, 0.2) is 0 Å². The second-order valence-electron chi connectivity index (χ2n) is 2.62. The van der Waals surface area contributed by atoms with E-state index in [-0.39, 0.29) is 5.69 Å². The molecule has 0 saturated heterocycles. The summed E-state index contributed by atoms with van der Waals surface area (Å²) >= 11 is 28.2. The highest BCUT2D eigenvalue weighted by atomic mass is 35.6. The van der Waals surface area contributed by atoms with Gasteiger partial charge in [0.2, 0.25) is 8.13 Å². The average molecular weight is 315 g/mol. The van der Waals surface area contributed by atoms with E-state index in [1.54, 1.807) is 6.92 Å². The molecule has 0 unspecified atom stereocenters. The third-order valence-corrected chi connectivity index (χ3v) is 4.00. The fourth-order valence-corrected chi connectivity index (χ4v) is 1.56. The average Bonchev–Trinajstić information content (AvgIpc) is 2.44. The molecule has 0 amide bonds. The first-order valence-corrected chi connectivity index (χ1v) is 5.64. The summed E-state index contributed by atoms with van der Waals surface area (Å²) < 4.78 is 10.3. The number of nitrogens with zero attached hydrogens (tertiary/aromatic N) is 3. The molecule has 0 spiro atoms. The molecule has 9 heteroatoms. The van der Waals surface area contributed by atoms with Crippen molar-refractivity contribution < 1.29 is 4.39 Å². The normalized spacial score (nSPS) is 13.3. The van der Waals surface area contributed by atoms with Crippen LogP contribution >= 0.6 is 58.0 Å². The number of hydrogen-bond acceptors (Lipinski definition) is 2. The zero-order valence-electron chi connectivity index (χ0n) is 7.32. The molecular weight excluding hydrogens is 310 g/mol. The molecular formula is C6H5Cl5FN3. The first-order chi connectivity index (χ1) is 6.71. The first kappa shape index (κ1) is 13.6. The summed E-state index contributed by atoms with van der Waals surface area (Å²) in [6.45, 7) is 1.99. The van der Waals surface area contributed by atoms with Crippen LogP contribution in [0.2, 0.25) is 0 Å². The van der Waals surface area contributed by atoms with Crippen molar-refractivity contribution in [1.29, 1.82) is 0 Å². The third-order valence-electron chi connectivity index (χ3n) is 1.65. The van der Waals surface area contributed by atoms with Gasteiger partial charge in [-0.25, -0.2) is 4.68 Å². The molecule has 0 bridgehead atoms. The Hall–Kier alpha value is 0.520. The van der Waals surface area contributed by atoms with Crippen molar-refractivity contribution in [3.63, 3.8) is 0 Å². The zero-order chi connectivity index (χ0) is 11.9. The van der Waals surface area contributed by atoms with Crippen LogP contribution in [0.25, 0.3) is 0 Å². The smallest absolute Gasteiger partial charge is 0.243 e. The lowest BCUT2D eigenvalue weighted by Crippen LogP contribution is -2.32. The number of halogens is 6. The Kier molecular flexibility index (Phi) is 4.00. The Morgan fingerprint density at radius 2 is 1.80 bits per heavy atom. The molecule has 1 aromatic rings. The van der Waals surface area contributed by atoms with Gasteiger partial charge in [-0.15, -0.1) is 0 Å². The van der Waals surface area contributed by atoms with E-state index in [1.807, 2.05) is 0 Å². The maximum Gasteiger partial charge on any atom is 0.259 e. The summed E-state index contributed by atoms with van der Waals surface area (Å²) in [5.74, 6) is -0.965. The molecule has 0 atom stereocenters. The van der Waals surface area contributed by atoms with E-state index < -0.39 is 14.1 Å². The Morgan fingerprint density at radius 3 is 2.20 bits per heavy atom. The highest BCUT2D eigenvalue weighted by molar-refractivity contribution is 6.75. The van der Waals surface area contributed by atoms with Gasteiger partial charge in [0.25, 0.3) is 5.95 Å². The summed E-state index contributed by atoms with van der Waals surface area (Å²) in [5, 5.41) is 6.63. The predicted molar refractivity (Wildman–Crippen MR) is 59.3 cm³/mol. The lowest BCUT2D eigenvalue weighted by molar-refractivity contribution is 0.548. The monoisotopic (exact) mass is 313 g/mol. The fraction of sp³-hybridized carbons (Fsp3) is 0.667. The molecule has 86 valence electrons. The molecule has 0 aromatic carbocycles. The molecule has 0 N–H and O–H groups in total. The van der Waals surface area contributed by atoms with Crippen LogP contribution in [0.1, 0.15) is 12.6 Å². The number of hydrogen-bond donors (Lipinski definition) is 0. The second kappa shape index (κ2) is 4.41. The standard InChI is InChI=1S/C6H5Cl5FN3/c1-2-15-3(4(12)13-14-15)5(7,8)6(9,10)11/h2H2,1H3. The van der Waals surface area contributed by atoms with Crippen LogP contribution in [0.3, 0.4) is 0 Å². The Morgan fingerprint density at radius 1 is 1.27 bits per heavy atom. The Bertz CT molecular complexity index is 358. The van der Waals surface area contributed by atoms with Crippen molar-refractivity contribution in [2.24, 2.45) is 0 Å². The number of rotatable bonds is 2. The van der Waals surface area contributed by atoms with E-state index >= 15 is 0 Å². The van der Waals surface area contributed by atoms with Gasteiger partial charge in [0, 0.05) is 6.54 Å². The highest BCUT2D eigenvalue weighted by Crippen LogP contribution is 2.53. The molecule has 0 aliphatic heterocycles. The van der Waals surface area contributed by atoms with E-state index in [2.05, 4.69) is 10.3 Å². The molecule has 1 aromatic heterocycles. The van der Waals surface area contributed by atoms with E-state index in [4.69, 9.17) is 58.0 Å². The van der Waals surface area contributed by atoms with Crippen molar-refractivity contribution in [2.75, 3.05) is 0 Å². The maximum absolute atomic E-state index is 13.3. The van der Waals surface area contributed by atoms with Gasteiger partial charge in [-0.3, -0.25) is 0 Å². The SMILES string of the molecule is CCn1nnc(F)c1C(Cl)(Cl)C(Cl)(Cl)Cl. The second-order valence-corrected chi connectivity index (χ2v) is 6.23. The fourth-order valence-electron chi connectivity index (χ4n) is 0.939. The summed E-state index contributed by atoms with van der Waals surface area (Å²) in [4.78, 5) is 0. The first-order valence-electron chi connectivity index (χ1n) is 3.75. The number of aromatic nitrogens is 3. The summed E-state index contributed by atoms with van der Waals surface area (Å²) in [6.07, 6.45) is 0. The minimum absolute atomic E-state index is 0.270. The summed E-state index contributed by atoms with van der Waals surface area (Å²) in [5.41, 5.74) is -0.270. The van der Waals surface area contributed by atoms with E-state index in [0.717, 1.165) is 4.68 Å². The van der Waals surface area contributed by atoms with Gasteiger partial charge in [0.1, 0.15) is 5.69 Å². The Labute approximate surface area is 110 Å². The largest absolute Gasteiger partial charge is 0.259 e. The molecule has 1 rings (SSSR count). The van der Waals surface area contributed by atoms with Crippen LogP contribution in [0.15, 0.2) is 0 Å². The quantitative estimate of drug-likeness (QED) is 0.783. The lowest BCUT2D eigenvalue weighted by Gasteiger charge is -2.26. The van der Waals surface area contributed by atoms with Gasteiger partial charge < -0.3 is 0 Å². The van der Waals surface area contributed by atoms with Gasteiger partial charge >= 0.3 is 0 Å². The summed E-state index contributed by atoms with van der Waals surface area (Å²) in [6, 6.07) is 0. The van der Waals surface area contributed by atoms with Crippen LogP contribution in [0.4, 0.5) is 4.39 Å². The third kappa shape index (κ3) is 2.44. The van der Waals surface area contributed by atoms with Crippen LogP contribution in [0, 0.1) is 5.95 Å². The topological polar surface area (TPSA) is 30.7 Å². The van der Waals surface area contributed by atoms with Crippen molar-refractivity contribution >= 4 is 58.0 Å². The number of aryl methyl sites for hydroxylation is 1. The van der Waals surface area contributed by atoms with E-state index in [0.29, 0.717) is 6.54 Å². The molecule has 0 aliphatic carbocycles. The summed E-state index contributed by atoms with van der Waals surface area (Å²) in [7, 11) is 0. The minimum Gasteiger partial charge on any atom is -0.243 e.